The Morgan fingerprint density at radius 3 is 1.86 bits per heavy atom. The third kappa shape index (κ3) is 5.30. The Morgan fingerprint density at radius 2 is 1.27 bits per heavy atom. The predicted molar refractivity (Wildman–Crippen MR) is 194 cm³/mol. The molecule has 2 aliphatic heterocycles. The second kappa shape index (κ2) is 12.7. The molecule has 2 saturated heterocycles. The number of amides is 4. The molecular weight excluding hydrogens is 640 g/mol. The SMILES string of the molecule is C=Cc1ccc(N2C(=O)C3CC=C4C(CC5C(=O)N(c6ccc(C=C)cc6)C(=O)C5C4c4ccc(OCc5ccccc5)cc4O)C3C2=O)cc1. The lowest BCUT2D eigenvalue weighted by Gasteiger charge is -2.44. The summed E-state index contributed by atoms with van der Waals surface area (Å²) in [5.74, 6) is -4.98. The number of benzene rings is 4. The fraction of sp³-hybridized carbons (Fsp3) is 0.209. The van der Waals surface area contributed by atoms with Gasteiger partial charge >= 0.3 is 0 Å². The molecule has 8 rings (SSSR count). The third-order valence-electron chi connectivity index (χ3n) is 11.0. The molecule has 6 unspecified atom stereocenters. The van der Waals surface area contributed by atoms with Crippen LogP contribution in [0.2, 0.25) is 0 Å². The van der Waals surface area contributed by atoms with Crippen LogP contribution in [0.4, 0.5) is 11.4 Å². The topological polar surface area (TPSA) is 104 Å². The molecule has 51 heavy (non-hydrogen) atoms. The minimum Gasteiger partial charge on any atom is -0.508 e. The molecule has 2 heterocycles. The number of fused-ring (bicyclic) bond motifs is 4. The summed E-state index contributed by atoms with van der Waals surface area (Å²) in [6.45, 7) is 7.89. The number of hydrogen-bond acceptors (Lipinski definition) is 6. The zero-order valence-electron chi connectivity index (χ0n) is 27.9. The van der Waals surface area contributed by atoms with Gasteiger partial charge in [-0.2, -0.15) is 0 Å². The molecule has 8 nitrogen and oxygen atoms in total. The van der Waals surface area contributed by atoms with Gasteiger partial charge in [-0.05, 0) is 65.8 Å². The first kappa shape index (κ1) is 32.2. The van der Waals surface area contributed by atoms with E-state index in [0.29, 0.717) is 35.7 Å². The highest BCUT2D eigenvalue weighted by Crippen LogP contribution is 2.59. The summed E-state index contributed by atoms with van der Waals surface area (Å²) < 4.78 is 5.99. The molecule has 1 N–H and O–H groups in total. The summed E-state index contributed by atoms with van der Waals surface area (Å²) >= 11 is 0. The van der Waals surface area contributed by atoms with Crippen LogP contribution in [-0.4, -0.2) is 28.7 Å². The van der Waals surface area contributed by atoms with Gasteiger partial charge in [0.15, 0.2) is 0 Å². The molecule has 4 amide bonds. The summed E-state index contributed by atoms with van der Waals surface area (Å²) in [5.41, 5.74) is 4.91. The van der Waals surface area contributed by atoms with Gasteiger partial charge < -0.3 is 9.84 Å². The van der Waals surface area contributed by atoms with E-state index in [9.17, 15) is 24.3 Å². The van der Waals surface area contributed by atoms with E-state index in [-0.39, 0.29) is 35.8 Å². The van der Waals surface area contributed by atoms with Crippen LogP contribution >= 0.6 is 0 Å². The van der Waals surface area contributed by atoms with Gasteiger partial charge in [-0.3, -0.25) is 29.0 Å². The molecule has 0 bridgehead atoms. The highest BCUT2D eigenvalue weighted by Gasteiger charge is 2.62. The number of aromatic hydroxyl groups is 1. The van der Waals surface area contributed by atoms with Gasteiger partial charge in [0, 0.05) is 17.5 Å². The van der Waals surface area contributed by atoms with Gasteiger partial charge in [0.25, 0.3) is 0 Å². The van der Waals surface area contributed by atoms with Crippen molar-refractivity contribution >= 4 is 47.2 Å². The van der Waals surface area contributed by atoms with Crippen LogP contribution in [0, 0.1) is 29.6 Å². The van der Waals surface area contributed by atoms with Crippen molar-refractivity contribution in [1.82, 2.24) is 0 Å². The first-order valence-corrected chi connectivity index (χ1v) is 17.2. The number of nitrogens with zero attached hydrogens (tertiary/aromatic N) is 2. The van der Waals surface area contributed by atoms with Crippen molar-refractivity contribution in [1.29, 1.82) is 0 Å². The Kier molecular flexibility index (Phi) is 8.02. The lowest BCUT2D eigenvalue weighted by atomic mass is 9.57. The van der Waals surface area contributed by atoms with Crippen molar-refractivity contribution in [2.24, 2.45) is 29.6 Å². The molecule has 2 aliphatic carbocycles. The van der Waals surface area contributed by atoms with E-state index in [1.54, 1.807) is 60.7 Å². The van der Waals surface area contributed by atoms with E-state index in [2.05, 4.69) is 13.2 Å². The van der Waals surface area contributed by atoms with Crippen LogP contribution in [0.25, 0.3) is 12.2 Å². The van der Waals surface area contributed by atoms with Crippen LogP contribution in [0.1, 0.15) is 41.0 Å². The van der Waals surface area contributed by atoms with Crippen molar-refractivity contribution in [3.05, 3.63) is 144 Å². The number of ether oxygens (including phenoxy) is 1. The Hall–Kier alpha value is -6.02. The zero-order chi connectivity index (χ0) is 35.4. The van der Waals surface area contributed by atoms with E-state index in [4.69, 9.17) is 4.74 Å². The molecular formula is C43H36N2O6. The zero-order valence-corrected chi connectivity index (χ0v) is 27.9. The molecule has 1 saturated carbocycles. The number of anilines is 2. The number of rotatable bonds is 8. The molecule has 0 spiro atoms. The van der Waals surface area contributed by atoms with E-state index in [1.165, 1.54) is 15.9 Å². The van der Waals surface area contributed by atoms with Crippen molar-refractivity contribution < 1.29 is 29.0 Å². The Balaban J connectivity index is 1.18. The second-order valence-corrected chi connectivity index (χ2v) is 13.6. The van der Waals surface area contributed by atoms with Crippen LogP contribution in [0.3, 0.4) is 0 Å². The van der Waals surface area contributed by atoms with E-state index < -0.39 is 35.5 Å². The average Bonchev–Trinajstić information content (AvgIpc) is 3.57. The van der Waals surface area contributed by atoms with Crippen LogP contribution in [0.15, 0.2) is 122 Å². The predicted octanol–water partition coefficient (Wildman–Crippen LogP) is 7.30. The van der Waals surface area contributed by atoms with Crippen LogP contribution < -0.4 is 14.5 Å². The van der Waals surface area contributed by atoms with Gasteiger partial charge in [-0.15, -0.1) is 0 Å². The lowest BCUT2D eigenvalue weighted by molar-refractivity contribution is -0.126. The fourth-order valence-electron chi connectivity index (χ4n) is 8.58. The lowest BCUT2D eigenvalue weighted by Crippen LogP contribution is -2.43. The number of allylic oxidation sites excluding steroid dienone is 2. The monoisotopic (exact) mass is 676 g/mol. The van der Waals surface area contributed by atoms with Gasteiger partial charge in [0.05, 0.1) is 35.0 Å². The number of hydrogen-bond donors (Lipinski definition) is 1. The number of phenols is 1. The summed E-state index contributed by atoms with van der Waals surface area (Å²) in [5, 5.41) is 11.6. The summed E-state index contributed by atoms with van der Waals surface area (Å²) in [7, 11) is 0. The first-order valence-electron chi connectivity index (χ1n) is 17.2. The summed E-state index contributed by atoms with van der Waals surface area (Å²) in [4.78, 5) is 59.5. The Labute approximate surface area is 296 Å². The highest BCUT2D eigenvalue weighted by atomic mass is 16.5. The number of carbonyl (C=O) groups is 4. The Bertz CT molecular complexity index is 2120. The smallest absolute Gasteiger partial charge is 0.238 e. The minimum atomic E-state index is -0.813. The molecule has 0 aromatic heterocycles. The van der Waals surface area contributed by atoms with Crippen molar-refractivity contribution in [3.8, 4) is 11.5 Å². The number of carbonyl (C=O) groups excluding carboxylic acids is 4. The van der Waals surface area contributed by atoms with E-state index in [1.807, 2.05) is 48.5 Å². The second-order valence-electron chi connectivity index (χ2n) is 13.6. The van der Waals surface area contributed by atoms with Gasteiger partial charge in [0.1, 0.15) is 18.1 Å². The van der Waals surface area contributed by atoms with Gasteiger partial charge in [-0.1, -0.05) is 97.6 Å². The Morgan fingerprint density at radius 1 is 0.686 bits per heavy atom. The molecule has 3 fully saturated rings. The summed E-state index contributed by atoms with van der Waals surface area (Å²) in [6.07, 6.45) is 5.90. The minimum absolute atomic E-state index is 0.0696. The highest BCUT2D eigenvalue weighted by molar-refractivity contribution is 6.24. The van der Waals surface area contributed by atoms with E-state index in [0.717, 1.165) is 22.3 Å². The van der Waals surface area contributed by atoms with Crippen molar-refractivity contribution in [2.75, 3.05) is 9.80 Å². The van der Waals surface area contributed by atoms with Gasteiger partial charge in [-0.25, -0.2) is 0 Å². The molecule has 0 radical (unpaired) electrons. The summed E-state index contributed by atoms with van der Waals surface area (Å²) in [6, 6.07) is 28.9. The molecule has 6 atom stereocenters. The molecule has 4 aromatic carbocycles. The van der Waals surface area contributed by atoms with Gasteiger partial charge in [0.2, 0.25) is 23.6 Å². The normalized spacial score (nSPS) is 25.2. The van der Waals surface area contributed by atoms with E-state index >= 15 is 0 Å². The average molecular weight is 677 g/mol. The fourth-order valence-corrected chi connectivity index (χ4v) is 8.58. The molecule has 4 aromatic rings. The van der Waals surface area contributed by atoms with Crippen molar-refractivity contribution in [3.63, 3.8) is 0 Å². The third-order valence-corrected chi connectivity index (χ3v) is 11.0. The largest absolute Gasteiger partial charge is 0.508 e. The molecule has 8 heteroatoms. The van der Waals surface area contributed by atoms with Crippen molar-refractivity contribution in [2.45, 2.75) is 25.4 Å². The number of imide groups is 2. The van der Waals surface area contributed by atoms with Crippen LogP contribution in [-0.2, 0) is 25.8 Å². The van der Waals surface area contributed by atoms with Crippen LogP contribution in [0.5, 0.6) is 11.5 Å². The number of phenolic OH excluding ortho intramolecular Hbond substituents is 1. The first-order chi connectivity index (χ1) is 24.8. The molecule has 4 aliphatic rings. The standard InChI is InChI=1S/C43H36N2O6/c1-3-25-10-14-28(15-11-25)44-40(47)33-21-20-31-34(38(33)42(44)49)23-35-39(43(50)45(41(35)48)29-16-12-26(4-2)13-17-29)37(31)32-19-18-30(22-36(32)46)51-24-27-8-6-5-7-9-27/h3-20,22,33-35,37-39,46H,1-2,21,23-24H2. The quantitative estimate of drug-likeness (QED) is 0.155. The molecule has 254 valence electrons. The maximum atomic E-state index is 14.4. The maximum Gasteiger partial charge on any atom is 0.238 e. The maximum absolute atomic E-state index is 14.4.